The van der Waals surface area contributed by atoms with Gasteiger partial charge in [-0.2, -0.15) is 0 Å². The Morgan fingerprint density at radius 1 is 1.48 bits per heavy atom. The van der Waals surface area contributed by atoms with Crippen LogP contribution in [0.25, 0.3) is 0 Å². The SMILES string of the molecule is CC(C)(CNC(=O)C1CCCN1)Cc1cccc(Cl)c1.Cl. The molecular weight excluding hydrogens is 307 g/mol. The smallest absolute Gasteiger partial charge is 0.237 e. The summed E-state index contributed by atoms with van der Waals surface area (Å²) in [6, 6.07) is 7.91. The molecule has 0 bridgehead atoms. The number of hydrogen-bond donors (Lipinski definition) is 2. The number of carbonyl (C=O) groups is 1. The summed E-state index contributed by atoms with van der Waals surface area (Å²) in [6.07, 6.45) is 2.93. The third kappa shape index (κ3) is 5.85. The number of amides is 1. The first kappa shape index (κ1) is 18.3. The third-order valence-corrected chi connectivity index (χ3v) is 3.92. The molecule has 1 fully saturated rings. The lowest BCUT2D eigenvalue weighted by molar-refractivity contribution is -0.123. The number of carbonyl (C=O) groups excluding carboxylic acids is 1. The Morgan fingerprint density at radius 3 is 2.86 bits per heavy atom. The molecule has 1 heterocycles. The molecule has 1 saturated heterocycles. The van der Waals surface area contributed by atoms with Crippen LogP contribution in [0.15, 0.2) is 24.3 Å². The van der Waals surface area contributed by atoms with Crippen molar-refractivity contribution in [2.24, 2.45) is 5.41 Å². The standard InChI is InChI=1S/C16H23ClN2O.ClH/c1-16(2,10-12-5-3-6-13(17)9-12)11-19-15(20)14-7-4-8-18-14;/h3,5-6,9,14,18H,4,7-8,10-11H2,1-2H3,(H,19,20);1H. The summed E-state index contributed by atoms with van der Waals surface area (Å²) in [5, 5.41) is 7.05. The lowest BCUT2D eigenvalue weighted by atomic mass is 9.85. The largest absolute Gasteiger partial charge is 0.354 e. The molecule has 5 heteroatoms. The highest BCUT2D eigenvalue weighted by Crippen LogP contribution is 2.23. The summed E-state index contributed by atoms with van der Waals surface area (Å²) in [7, 11) is 0. The Balaban J connectivity index is 0.00000220. The Bertz CT molecular complexity index is 471. The fraction of sp³-hybridized carbons (Fsp3) is 0.562. The molecule has 2 N–H and O–H groups in total. The molecule has 3 nitrogen and oxygen atoms in total. The van der Waals surface area contributed by atoms with E-state index in [4.69, 9.17) is 11.6 Å². The first-order chi connectivity index (χ1) is 9.46. The summed E-state index contributed by atoms with van der Waals surface area (Å²) in [4.78, 5) is 12.0. The van der Waals surface area contributed by atoms with Crippen molar-refractivity contribution in [3.8, 4) is 0 Å². The molecule has 1 aromatic rings. The minimum atomic E-state index is -0.00281. The molecule has 1 aliphatic rings. The molecule has 1 aliphatic heterocycles. The predicted molar refractivity (Wildman–Crippen MR) is 90.2 cm³/mol. The quantitative estimate of drug-likeness (QED) is 0.870. The van der Waals surface area contributed by atoms with Gasteiger partial charge in [0.05, 0.1) is 6.04 Å². The van der Waals surface area contributed by atoms with Gasteiger partial charge in [0.25, 0.3) is 0 Å². The fourth-order valence-corrected chi connectivity index (χ4v) is 2.83. The molecule has 21 heavy (non-hydrogen) atoms. The van der Waals surface area contributed by atoms with Crippen LogP contribution in [0, 0.1) is 5.41 Å². The molecule has 0 aromatic heterocycles. The number of halogens is 2. The molecule has 0 spiro atoms. The van der Waals surface area contributed by atoms with Crippen molar-refractivity contribution < 1.29 is 4.79 Å². The molecule has 1 atom stereocenters. The zero-order chi connectivity index (χ0) is 14.6. The summed E-state index contributed by atoms with van der Waals surface area (Å²) < 4.78 is 0. The molecule has 118 valence electrons. The van der Waals surface area contributed by atoms with E-state index in [-0.39, 0.29) is 29.8 Å². The number of nitrogens with one attached hydrogen (secondary N) is 2. The van der Waals surface area contributed by atoms with E-state index in [1.54, 1.807) is 0 Å². The van der Waals surface area contributed by atoms with E-state index in [0.29, 0.717) is 6.54 Å². The van der Waals surface area contributed by atoms with E-state index in [1.165, 1.54) is 5.56 Å². The number of rotatable bonds is 5. The topological polar surface area (TPSA) is 41.1 Å². The van der Waals surface area contributed by atoms with E-state index in [1.807, 2.05) is 18.2 Å². The van der Waals surface area contributed by atoms with Crippen LogP contribution in [0.3, 0.4) is 0 Å². The van der Waals surface area contributed by atoms with Crippen LogP contribution in [0.4, 0.5) is 0 Å². The van der Waals surface area contributed by atoms with Crippen molar-refractivity contribution in [3.63, 3.8) is 0 Å². The highest BCUT2D eigenvalue weighted by Gasteiger charge is 2.25. The summed E-state index contributed by atoms with van der Waals surface area (Å²) in [5.41, 5.74) is 1.22. The number of benzene rings is 1. The van der Waals surface area contributed by atoms with E-state index in [0.717, 1.165) is 30.8 Å². The van der Waals surface area contributed by atoms with Crippen LogP contribution >= 0.6 is 24.0 Å². The molecule has 1 unspecified atom stereocenters. The first-order valence-electron chi connectivity index (χ1n) is 7.22. The van der Waals surface area contributed by atoms with Gasteiger partial charge in [-0.15, -0.1) is 12.4 Å². The second kappa shape index (κ2) is 8.02. The second-order valence-electron chi connectivity index (χ2n) is 6.34. The summed E-state index contributed by atoms with van der Waals surface area (Å²) in [5.74, 6) is 0.127. The minimum absolute atomic E-state index is 0. The Morgan fingerprint density at radius 2 is 2.24 bits per heavy atom. The normalized spacial score (nSPS) is 18.1. The maximum atomic E-state index is 12.0. The van der Waals surface area contributed by atoms with Crippen LogP contribution in [0.5, 0.6) is 0 Å². The minimum Gasteiger partial charge on any atom is -0.354 e. The van der Waals surface area contributed by atoms with Gasteiger partial charge in [-0.25, -0.2) is 0 Å². The molecule has 0 saturated carbocycles. The van der Waals surface area contributed by atoms with E-state index in [9.17, 15) is 4.79 Å². The van der Waals surface area contributed by atoms with Crippen molar-refractivity contribution in [3.05, 3.63) is 34.9 Å². The van der Waals surface area contributed by atoms with Crippen molar-refractivity contribution in [1.29, 1.82) is 0 Å². The van der Waals surface area contributed by atoms with Gasteiger partial charge in [0.15, 0.2) is 0 Å². The molecule has 1 amide bonds. The monoisotopic (exact) mass is 330 g/mol. The van der Waals surface area contributed by atoms with Crippen molar-refractivity contribution in [2.75, 3.05) is 13.1 Å². The second-order valence-corrected chi connectivity index (χ2v) is 6.77. The average Bonchev–Trinajstić information content (AvgIpc) is 2.89. The first-order valence-corrected chi connectivity index (χ1v) is 7.60. The predicted octanol–water partition coefficient (Wildman–Crippen LogP) is 3.20. The summed E-state index contributed by atoms with van der Waals surface area (Å²) in [6.45, 7) is 5.95. The van der Waals surface area contributed by atoms with Crippen LogP contribution in [0.2, 0.25) is 5.02 Å². The molecule has 0 aliphatic carbocycles. The van der Waals surface area contributed by atoms with E-state index < -0.39 is 0 Å². The van der Waals surface area contributed by atoms with Gasteiger partial charge in [-0.05, 0) is 48.9 Å². The van der Waals surface area contributed by atoms with E-state index >= 15 is 0 Å². The Kier molecular flexibility index (Phi) is 6.98. The zero-order valence-electron chi connectivity index (χ0n) is 12.6. The van der Waals surface area contributed by atoms with Crippen molar-refractivity contribution in [1.82, 2.24) is 10.6 Å². The third-order valence-electron chi connectivity index (χ3n) is 3.69. The maximum Gasteiger partial charge on any atom is 0.237 e. The zero-order valence-corrected chi connectivity index (χ0v) is 14.2. The molecule has 0 radical (unpaired) electrons. The average molecular weight is 331 g/mol. The van der Waals surface area contributed by atoms with E-state index in [2.05, 4.69) is 30.5 Å². The van der Waals surface area contributed by atoms with Crippen LogP contribution in [0.1, 0.15) is 32.3 Å². The molecule has 2 rings (SSSR count). The Hall–Kier alpha value is -0.770. The highest BCUT2D eigenvalue weighted by atomic mass is 35.5. The van der Waals surface area contributed by atoms with Crippen LogP contribution in [-0.4, -0.2) is 25.0 Å². The number of hydrogen-bond acceptors (Lipinski definition) is 2. The molecular formula is C16H24Cl2N2O. The highest BCUT2D eigenvalue weighted by molar-refractivity contribution is 6.30. The van der Waals surface area contributed by atoms with Gasteiger partial charge in [-0.1, -0.05) is 37.6 Å². The van der Waals surface area contributed by atoms with Crippen molar-refractivity contribution >= 4 is 29.9 Å². The van der Waals surface area contributed by atoms with Gasteiger partial charge >= 0.3 is 0 Å². The van der Waals surface area contributed by atoms with Crippen LogP contribution < -0.4 is 10.6 Å². The van der Waals surface area contributed by atoms with Gasteiger partial charge in [0, 0.05) is 11.6 Å². The lowest BCUT2D eigenvalue weighted by Gasteiger charge is -2.26. The van der Waals surface area contributed by atoms with Gasteiger partial charge in [-0.3, -0.25) is 4.79 Å². The van der Waals surface area contributed by atoms with Gasteiger partial charge < -0.3 is 10.6 Å². The maximum absolute atomic E-state index is 12.0. The lowest BCUT2D eigenvalue weighted by Crippen LogP contribution is -2.44. The molecule has 1 aromatic carbocycles. The van der Waals surface area contributed by atoms with Crippen molar-refractivity contribution in [2.45, 2.75) is 39.2 Å². The van der Waals surface area contributed by atoms with Crippen LogP contribution in [-0.2, 0) is 11.2 Å². The summed E-state index contributed by atoms with van der Waals surface area (Å²) >= 11 is 6.01. The van der Waals surface area contributed by atoms with Gasteiger partial charge in [0.2, 0.25) is 5.91 Å². The van der Waals surface area contributed by atoms with Gasteiger partial charge in [0.1, 0.15) is 0 Å². The fourth-order valence-electron chi connectivity index (χ4n) is 2.62. The Labute approximate surface area is 138 Å².